The third kappa shape index (κ3) is 4.91. The average Bonchev–Trinajstić information content (AvgIpc) is 2.74. The first kappa shape index (κ1) is 20.2. The number of hydrogen-bond acceptors (Lipinski definition) is 5. The van der Waals surface area contributed by atoms with E-state index in [9.17, 15) is 9.59 Å². The fourth-order valence-corrected chi connectivity index (χ4v) is 3.90. The first-order valence-corrected chi connectivity index (χ1v) is 10.4. The Bertz CT molecular complexity index is 858. The van der Waals surface area contributed by atoms with Gasteiger partial charge in [0.15, 0.2) is 0 Å². The monoisotopic (exact) mass is 408 g/mol. The maximum absolute atomic E-state index is 12.5. The summed E-state index contributed by atoms with van der Waals surface area (Å²) in [4.78, 5) is 30.8. The summed E-state index contributed by atoms with van der Waals surface area (Å²) in [7, 11) is 0. The van der Waals surface area contributed by atoms with E-state index in [0.29, 0.717) is 37.8 Å². The Balaban J connectivity index is 1.16. The molecule has 7 heteroatoms. The number of benzene rings is 2. The molecule has 7 nitrogen and oxygen atoms in total. The van der Waals surface area contributed by atoms with Gasteiger partial charge in [-0.15, -0.1) is 0 Å². The van der Waals surface area contributed by atoms with Gasteiger partial charge in [0, 0.05) is 51.0 Å². The zero-order valence-electron chi connectivity index (χ0n) is 17.1. The minimum Gasteiger partial charge on any atom is -0.445 e. The average molecular weight is 409 g/mol. The maximum atomic E-state index is 12.5. The van der Waals surface area contributed by atoms with Crippen molar-refractivity contribution in [3.05, 3.63) is 65.7 Å². The molecule has 2 aliphatic rings. The molecule has 0 bridgehead atoms. The van der Waals surface area contributed by atoms with E-state index in [4.69, 9.17) is 10.5 Å². The quantitative estimate of drug-likeness (QED) is 0.766. The summed E-state index contributed by atoms with van der Waals surface area (Å²) >= 11 is 0. The molecule has 0 aliphatic carbocycles. The van der Waals surface area contributed by atoms with Gasteiger partial charge in [0.05, 0.1) is 6.42 Å². The Morgan fingerprint density at radius 1 is 0.867 bits per heavy atom. The van der Waals surface area contributed by atoms with Gasteiger partial charge in [0.25, 0.3) is 0 Å². The van der Waals surface area contributed by atoms with Crippen LogP contribution in [0.5, 0.6) is 0 Å². The van der Waals surface area contributed by atoms with Gasteiger partial charge >= 0.3 is 6.09 Å². The molecule has 158 valence electrons. The highest BCUT2D eigenvalue weighted by Crippen LogP contribution is 2.19. The molecule has 0 radical (unpaired) electrons. The standard InChI is InChI=1S/C23H28N4O3/c24-20-8-6-18(7-9-20)14-22(28)26-12-10-25(11-13-26)21-15-27(16-21)23(29)30-17-19-4-2-1-3-5-19/h1-9,21H,10-17,24H2. The van der Waals surface area contributed by atoms with Gasteiger partial charge in [0.1, 0.15) is 6.61 Å². The van der Waals surface area contributed by atoms with E-state index in [-0.39, 0.29) is 12.0 Å². The Hall–Kier alpha value is -3.06. The third-order valence-corrected chi connectivity index (χ3v) is 5.84. The van der Waals surface area contributed by atoms with Gasteiger partial charge in [-0.25, -0.2) is 4.79 Å². The molecule has 2 aromatic rings. The van der Waals surface area contributed by atoms with E-state index in [1.165, 1.54) is 0 Å². The highest BCUT2D eigenvalue weighted by Gasteiger charge is 2.37. The van der Waals surface area contributed by atoms with E-state index in [2.05, 4.69) is 4.90 Å². The largest absolute Gasteiger partial charge is 0.445 e. The van der Waals surface area contributed by atoms with Crippen molar-refractivity contribution in [1.29, 1.82) is 0 Å². The number of amides is 2. The van der Waals surface area contributed by atoms with E-state index >= 15 is 0 Å². The summed E-state index contributed by atoms with van der Waals surface area (Å²) in [5.41, 5.74) is 8.38. The molecular weight excluding hydrogens is 380 g/mol. The molecule has 2 amide bonds. The van der Waals surface area contributed by atoms with Gasteiger partial charge in [0.2, 0.25) is 5.91 Å². The SMILES string of the molecule is Nc1ccc(CC(=O)N2CCN(C3CN(C(=O)OCc4ccccc4)C3)CC2)cc1. The number of nitrogens with zero attached hydrogens (tertiary/aromatic N) is 3. The van der Waals surface area contributed by atoms with E-state index in [0.717, 1.165) is 37.3 Å². The molecule has 2 aliphatic heterocycles. The van der Waals surface area contributed by atoms with Crippen LogP contribution in [0.2, 0.25) is 0 Å². The summed E-state index contributed by atoms with van der Waals surface area (Å²) in [5, 5.41) is 0. The number of carbonyl (C=O) groups excluding carboxylic acids is 2. The molecule has 30 heavy (non-hydrogen) atoms. The molecule has 0 atom stereocenters. The Kier molecular flexibility index (Phi) is 6.18. The maximum Gasteiger partial charge on any atom is 0.410 e. The van der Waals surface area contributed by atoms with Crippen LogP contribution in [0.3, 0.4) is 0 Å². The summed E-state index contributed by atoms with van der Waals surface area (Å²) in [6.07, 6.45) is 0.150. The van der Waals surface area contributed by atoms with Crippen LogP contribution < -0.4 is 5.73 Å². The van der Waals surface area contributed by atoms with Gasteiger partial charge in [-0.3, -0.25) is 9.69 Å². The van der Waals surface area contributed by atoms with Crippen LogP contribution >= 0.6 is 0 Å². The van der Waals surface area contributed by atoms with Crippen LogP contribution in [0, 0.1) is 0 Å². The molecular formula is C23H28N4O3. The van der Waals surface area contributed by atoms with Gasteiger partial charge in [-0.1, -0.05) is 42.5 Å². The Labute approximate surface area is 177 Å². The normalized spacial score (nSPS) is 17.5. The summed E-state index contributed by atoms with van der Waals surface area (Å²) < 4.78 is 5.39. The first-order valence-electron chi connectivity index (χ1n) is 10.4. The number of ether oxygens (including phenoxy) is 1. The van der Waals surface area contributed by atoms with Crippen molar-refractivity contribution in [2.75, 3.05) is 45.0 Å². The summed E-state index contributed by atoms with van der Waals surface area (Å²) in [6, 6.07) is 17.5. The van der Waals surface area contributed by atoms with Crippen molar-refractivity contribution >= 4 is 17.7 Å². The predicted octanol–water partition coefficient (Wildman–Crippen LogP) is 1.98. The van der Waals surface area contributed by atoms with Crippen LogP contribution in [-0.2, 0) is 22.6 Å². The predicted molar refractivity (Wildman–Crippen MR) is 115 cm³/mol. The summed E-state index contributed by atoms with van der Waals surface area (Å²) in [5.74, 6) is 0.152. The van der Waals surface area contributed by atoms with Gasteiger partial charge in [-0.05, 0) is 23.3 Å². The van der Waals surface area contributed by atoms with Crippen molar-refractivity contribution < 1.29 is 14.3 Å². The van der Waals surface area contributed by atoms with E-state index < -0.39 is 0 Å². The van der Waals surface area contributed by atoms with Gasteiger partial charge < -0.3 is 20.3 Å². The van der Waals surface area contributed by atoms with Crippen LogP contribution in [0.4, 0.5) is 10.5 Å². The molecule has 2 saturated heterocycles. The highest BCUT2D eigenvalue weighted by molar-refractivity contribution is 5.79. The van der Waals surface area contributed by atoms with E-state index in [1.807, 2.05) is 59.5 Å². The lowest BCUT2D eigenvalue weighted by Gasteiger charge is -2.47. The lowest BCUT2D eigenvalue weighted by atomic mass is 10.1. The minimum absolute atomic E-state index is 0.152. The lowest BCUT2D eigenvalue weighted by molar-refractivity contribution is -0.133. The number of nitrogens with two attached hydrogens (primary N) is 1. The topological polar surface area (TPSA) is 79.1 Å². The number of hydrogen-bond donors (Lipinski definition) is 1. The third-order valence-electron chi connectivity index (χ3n) is 5.84. The van der Waals surface area contributed by atoms with Crippen molar-refractivity contribution in [1.82, 2.24) is 14.7 Å². The number of carbonyl (C=O) groups is 2. The fourth-order valence-electron chi connectivity index (χ4n) is 3.90. The van der Waals surface area contributed by atoms with Crippen molar-refractivity contribution in [3.63, 3.8) is 0 Å². The molecule has 0 spiro atoms. The molecule has 0 unspecified atom stereocenters. The second-order valence-corrected chi connectivity index (χ2v) is 7.93. The molecule has 2 aromatic carbocycles. The van der Waals surface area contributed by atoms with Crippen LogP contribution in [0.25, 0.3) is 0 Å². The molecule has 4 rings (SSSR count). The summed E-state index contributed by atoms with van der Waals surface area (Å²) in [6.45, 7) is 4.80. The van der Waals surface area contributed by atoms with Crippen molar-refractivity contribution in [2.24, 2.45) is 0 Å². The van der Waals surface area contributed by atoms with Crippen LogP contribution in [-0.4, -0.2) is 72.0 Å². The highest BCUT2D eigenvalue weighted by atomic mass is 16.6. The number of rotatable bonds is 5. The van der Waals surface area contributed by atoms with E-state index in [1.54, 1.807) is 4.90 Å². The van der Waals surface area contributed by atoms with Crippen molar-refractivity contribution in [2.45, 2.75) is 19.1 Å². The molecule has 2 N–H and O–H groups in total. The molecule has 0 saturated carbocycles. The zero-order valence-corrected chi connectivity index (χ0v) is 17.1. The second-order valence-electron chi connectivity index (χ2n) is 7.93. The molecule has 2 fully saturated rings. The van der Waals surface area contributed by atoms with Crippen molar-refractivity contribution in [3.8, 4) is 0 Å². The second kappa shape index (κ2) is 9.17. The first-order chi connectivity index (χ1) is 14.6. The number of anilines is 1. The lowest BCUT2D eigenvalue weighted by Crippen LogP contribution is -2.64. The molecule has 2 heterocycles. The fraction of sp³-hybridized carbons (Fsp3) is 0.391. The van der Waals surface area contributed by atoms with Gasteiger partial charge in [-0.2, -0.15) is 0 Å². The number of piperazine rings is 1. The molecule has 0 aromatic heterocycles. The number of nitrogen functional groups attached to an aromatic ring is 1. The zero-order chi connectivity index (χ0) is 20.9. The number of likely N-dealkylation sites (tertiary alicyclic amines) is 1. The Morgan fingerprint density at radius 3 is 2.20 bits per heavy atom. The smallest absolute Gasteiger partial charge is 0.410 e. The van der Waals surface area contributed by atoms with Crippen LogP contribution in [0.15, 0.2) is 54.6 Å². The van der Waals surface area contributed by atoms with Crippen LogP contribution in [0.1, 0.15) is 11.1 Å². The minimum atomic E-state index is -0.257. The Morgan fingerprint density at radius 2 is 1.53 bits per heavy atom.